The molecule has 0 nitrogen and oxygen atoms in total. The Morgan fingerprint density at radius 1 is 1.11 bits per heavy atom. The predicted octanol–water partition coefficient (Wildman–Crippen LogP) is 5.76. The van der Waals surface area contributed by atoms with Crippen LogP contribution in [0.2, 0.25) is 0 Å². The van der Waals surface area contributed by atoms with E-state index >= 15 is 0 Å². The van der Waals surface area contributed by atoms with E-state index in [1.54, 1.807) is 0 Å². The fourth-order valence-electron chi connectivity index (χ4n) is 3.25. The fraction of sp³-hybridized carbons (Fsp3) is 0.667. The number of hydrogen-bond donors (Lipinski definition) is 0. The zero-order valence-corrected chi connectivity index (χ0v) is 14.3. The third kappa shape index (κ3) is 4.08. The van der Waals surface area contributed by atoms with Crippen LogP contribution >= 0.6 is 15.9 Å². The lowest BCUT2D eigenvalue weighted by Crippen LogP contribution is -2.33. The van der Waals surface area contributed by atoms with E-state index < -0.39 is 0 Å². The molecule has 0 bridgehead atoms. The lowest BCUT2D eigenvalue weighted by atomic mass is 9.68. The third-order valence-corrected chi connectivity index (χ3v) is 5.94. The monoisotopic (exact) mass is 322 g/mol. The van der Waals surface area contributed by atoms with Gasteiger partial charge in [-0.15, -0.1) is 0 Å². The molecule has 106 valence electrons. The van der Waals surface area contributed by atoms with E-state index in [0.29, 0.717) is 10.2 Å². The Kier molecular flexibility index (Phi) is 4.76. The Labute approximate surface area is 127 Å². The van der Waals surface area contributed by atoms with Gasteiger partial charge in [0.05, 0.1) is 0 Å². The van der Waals surface area contributed by atoms with Crippen molar-refractivity contribution in [3.63, 3.8) is 0 Å². The van der Waals surface area contributed by atoms with E-state index in [4.69, 9.17) is 0 Å². The Morgan fingerprint density at radius 2 is 1.74 bits per heavy atom. The molecule has 0 amide bonds. The van der Waals surface area contributed by atoms with Crippen LogP contribution in [0.15, 0.2) is 24.3 Å². The number of aryl methyl sites for hydroxylation is 1. The Morgan fingerprint density at radius 3 is 2.32 bits per heavy atom. The zero-order valence-electron chi connectivity index (χ0n) is 12.7. The maximum atomic E-state index is 3.92. The van der Waals surface area contributed by atoms with Crippen LogP contribution in [-0.2, 0) is 6.42 Å². The molecule has 0 saturated heterocycles. The summed E-state index contributed by atoms with van der Waals surface area (Å²) in [5.41, 5.74) is 3.31. The second kappa shape index (κ2) is 5.99. The first-order chi connectivity index (χ1) is 8.86. The van der Waals surface area contributed by atoms with Crippen LogP contribution in [-0.4, -0.2) is 4.83 Å². The largest absolute Gasteiger partial charge is 0.0888 e. The van der Waals surface area contributed by atoms with Crippen molar-refractivity contribution >= 4 is 15.9 Å². The van der Waals surface area contributed by atoms with Crippen LogP contribution in [0, 0.1) is 24.2 Å². The van der Waals surface area contributed by atoms with E-state index in [1.165, 1.54) is 36.8 Å². The van der Waals surface area contributed by atoms with Crippen molar-refractivity contribution < 1.29 is 0 Å². The van der Waals surface area contributed by atoms with Gasteiger partial charge in [-0.25, -0.2) is 0 Å². The maximum absolute atomic E-state index is 3.92. The van der Waals surface area contributed by atoms with Crippen molar-refractivity contribution in [1.82, 2.24) is 0 Å². The molecular weight excluding hydrogens is 296 g/mol. The first kappa shape index (κ1) is 15.1. The van der Waals surface area contributed by atoms with Crippen LogP contribution in [0.3, 0.4) is 0 Å². The van der Waals surface area contributed by atoms with Gasteiger partial charge in [-0.3, -0.25) is 0 Å². The summed E-state index contributed by atoms with van der Waals surface area (Å²) in [5, 5.41) is 0. The molecule has 0 radical (unpaired) electrons. The molecule has 1 aromatic rings. The molecular formula is C18H27Br. The normalized spacial score (nSPS) is 28.4. The number of hydrogen-bond acceptors (Lipinski definition) is 0. The van der Waals surface area contributed by atoms with Crippen molar-refractivity contribution in [2.45, 2.75) is 58.2 Å². The topological polar surface area (TPSA) is 0 Å². The molecule has 19 heavy (non-hydrogen) atoms. The van der Waals surface area contributed by atoms with E-state index in [1.807, 2.05) is 0 Å². The van der Waals surface area contributed by atoms with Gasteiger partial charge in [-0.05, 0) is 55.4 Å². The van der Waals surface area contributed by atoms with Crippen molar-refractivity contribution in [2.75, 3.05) is 0 Å². The Bertz CT molecular complexity index is 399. The first-order valence-corrected chi connectivity index (χ1v) is 8.47. The van der Waals surface area contributed by atoms with Gasteiger partial charge in [0.1, 0.15) is 0 Å². The van der Waals surface area contributed by atoms with Gasteiger partial charge in [-0.2, -0.15) is 0 Å². The minimum absolute atomic E-state index is 0.457. The SMILES string of the molecule is Cc1ccc(CC2CC(C(C)(C)C)CCC2Br)cc1. The summed E-state index contributed by atoms with van der Waals surface area (Å²) in [6.45, 7) is 9.35. The summed E-state index contributed by atoms with van der Waals surface area (Å²) in [6, 6.07) is 9.08. The van der Waals surface area contributed by atoms with Gasteiger partial charge in [-0.1, -0.05) is 66.5 Å². The van der Waals surface area contributed by atoms with Gasteiger partial charge in [0.15, 0.2) is 0 Å². The summed E-state index contributed by atoms with van der Waals surface area (Å²) in [6.07, 6.45) is 5.30. The highest BCUT2D eigenvalue weighted by molar-refractivity contribution is 9.09. The maximum Gasteiger partial charge on any atom is 0.0177 e. The molecule has 3 atom stereocenters. The van der Waals surface area contributed by atoms with Gasteiger partial charge < -0.3 is 0 Å². The third-order valence-electron chi connectivity index (χ3n) is 4.73. The van der Waals surface area contributed by atoms with Crippen LogP contribution < -0.4 is 0 Å². The molecule has 0 heterocycles. The van der Waals surface area contributed by atoms with Gasteiger partial charge in [0, 0.05) is 4.83 Å². The van der Waals surface area contributed by atoms with E-state index in [9.17, 15) is 0 Å². The molecule has 1 heteroatoms. The number of benzene rings is 1. The number of rotatable bonds is 2. The van der Waals surface area contributed by atoms with Gasteiger partial charge in [0.2, 0.25) is 0 Å². The van der Waals surface area contributed by atoms with Gasteiger partial charge in [0.25, 0.3) is 0 Å². The fourth-order valence-corrected chi connectivity index (χ4v) is 3.92. The second-order valence-electron chi connectivity index (χ2n) is 7.34. The van der Waals surface area contributed by atoms with Crippen molar-refractivity contribution in [3.05, 3.63) is 35.4 Å². The highest BCUT2D eigenvalue weighted by Gasteiger charge is 2.34. The number of halogens is 1. The summed E-state index contributed by atoms with van der Waals surface area (Å²) < 4.78 is 0. The molecule has 0 spiro atoms. The number of alkyl halides is 1. The summed E-state index contributed by atoms with van der Waals surface area (Å²) in [4.78, 5) is 0.701. The standard InChI is InChI=1S/C18H27Br/c1-13-5-7-14(8-6-13)11-15-12-16(18(2,3)4)9-10-17(15)19/h5-8,15-17H,9-12H2,1-4H3. The van der Waals surface area contributed by atoms with E-state index in [0.717, 1.165) is 11.8 Å². The first-order valence-electron chi connectivity index (χ1n) is 7.56. The minimum Gasteiger partial charge on any atom is -0.0888 e. The molecule has 0 N–H and O–H groups in total. The smallest absolute Gasteiger partial charge is 0.0177 e. The summed E-state index contributed by atoms with van der Waals surface area (Å²) >= 11 is 3.92. The Hall–Kier alpha value is -0.300. The lowest BCUT2D eigenvalue weighted by Gasteiger charge is -2.40. The summed E-state index contributed by atoms with van der Waals surface area (Å²) in [5.74, 6) is 1.66. The van der Waals surface area contributed by atoms with Crippen LogP contribution in [0.5, 0.6) is 0 Å². The van der Waals surface area contributed by atoms with Crippen molar-refractivity contribution in [1.29, 1.82) is 0 Å². The molecule has 1 fully saturated rings. The second-order valence-corrected chi connectivity index (χ2v) is 8.52. The predicted molar refractivity (Wildman–Crippen MR) is 87.9 cm³/mol. The highest BCUT2D eigenvalue weighted by Crippen LogP contribution is 2.43. The van der Waals surface area contributed by atoms with Gasteiger partial charge >= 0.3 is 0 Å². The van der Waals surface area contributed by atoms with Crippen LogP contribution in [0.4, 0.5) is 0 Å². The van der Waals surface area contributed by atoms with Crippen LogP contribution in [0.1, 0.15) is 51.2 Å². The molecule has 1 aromatic carbocycles. The molecule has 0 aliphatic heterocycles. The van der Waals surface area contributed by atoms with Crippen LogP contribution in [0.25, 0.3) is 0 Å². The van der Waals surface area contributed by atoms with Crippen molar-refractivity contribution in [3.8, 4) is 0 Å². The minimum atomic E-state index is 0.457. The zero-order chi connectivity index (χ0) is 14.0. The average Bonchev–Trinajstić information content (AvgIpc) is 2.33. The summed E-state index contributed by atoms with van der Waals surface area (Å²) in [7, 11) is 0. The molecule has 1 saturated carbocycles. The highest BCUT2D eigenvalue weighted by atomic mass is 79.9. The molecule has 3 unspecified atom stereocenters. The van der Waals surface area contributed by atoms with E-state index in [-0.39, 0.29) is 0 Å². The Balaban J connectivity index is 2.03. The van der Waals surface area contributed by atoms with E-state index in [2.05, 4.69) is 67.9 Å². The quantitative estimate of drug-likeness (QED) is 0.607. The molecule has 2 rings (SSSR count). The molecule has 0 aromatic heterocycles. The van der Waals surface area contributed by atoms with Crippen molar-refractivity contribution in [2.24, 2.45) is 17.3 Å². The molecule has 1 aliphatic rings. The lowest BCUT2D eigenvalue weighted by molar-refractivity contribution is 0.146. The molecule has 1 aliphatic carbocycles. The average molecular weight is 323 g/mol.